The normalized spacial score (nSPS) is 17.5. The summed E-state index contributed by atoms with van der Waals surface area (Å²) in [5.41, 5.74) is 7.26. The number of aromatic nitrogens is 3. The van der Waals surface area contributed by atoms with Gasteiger partial charge in [0.25, 0.3) is 0 Å². The lowest BCUT2D eigenvalue weighted by molar-refractivity contribution is -0.145. The number of H-pyrrole nitrogens is 1. The Bertz CT molecular complexity index is 842. The molecule has 1 fully saturated rings. The molecule has 3 N–H and O–H groups in total. The first-order valence-electron chi connectivity index (χ1n) is 7.86. The highest BCUT2D eigenvalue weighted by Gasteiger charge is 2.28. The number of primary amides is 1. The van der Waals surface area contributed by atoms with Crippen LogP contribution >= 0.6 is 12.2 Å². The number of rotatable bonds is 4. The quantitative estimate of drug-likeness (QED) is 0.777. The van der Waals surface area contributed by atoms with Gasteiger partial charge in [-0.25, -0.2) is 0 Å². The predicted octanol–water partition coefficient (Wildman–Crippen LogP) is 0.629. The third kappa shape index (κ3) is 3.77. The molecule has 8 nitrogen and oxygen atoms in total. The van der Waals surface area contributed by atoms with Crippen molar-refractivity contribution < 1.29 is 14.3 Å². The topological polar surface area (TPSA) is 106 Å². The first-order chi connectivity index (χ1) is 12.0. The van der Waals surface area contributed by atoms with Gasteiger partial charge < -0.3 is 15.4 Å². The fraction of sp³-hybridized carbons (Fsp3) is 0.375. The van der Waals surface area contributed by atoms with Gasteiger partial charge in [-0.05, 0) is 19.1 Å². The Morgan fingerprint density at radius 1 is 1.40 bits per heavy atom. The third-order valence-corrected chi connectivity index (χ3v) is 4.41. The van der Waals surface area contributed by atoms with E-state index in [2.05, 4.69) is 10.2 Å². The minimum Gasteiger partial charge on any atom is -0.367 e. The summed E-state index contributed by atoms with van der Waals surface area (Å²) in [6.45, 7) is 2.87. The maximum atomic E-state index is 12.6. The first kappa shape index (κ1) is 17.3. The van der Waals surface area contributed by atoms with Gasteiger partial charge in [-0.2, -0.15) is 5.10 Å². The molecule has 0 aliphatic carbocycles. The van der Waals surface area contributed by atoms with Crippen LogP contribution < -0.4 is 5.73 Å². The number of ether oxygens (including phenoxy) is 1. The Morgan fingerprint density at radius 3 is 2.80 bits per heavy atom. The number of carbonyl (C=O) groups is 2. The number of hydrogen-bond acceptors (Lipinski definition) is 5. The molecule has 132 valence electrons. The van der Waals surface area contributed by atoms with Crippen LogP contribution in [0.4, 0.5) is 0 Å². The van der Waals surface area contributed by atoms with E-state index in [9.17, 15) is 9.59 Å². The molecule has 25 heavy (non-hydrogen) atoms. The molecule has 0 unspecified atom stereocenters. The molecule has 1 aromatic carbocycles. The molecule has 1 saturated heterocycles. The van der Waals surface area contributed by atoms with Crippen molar-refractivity contribution in [3.05, 3.63) is 34.6 Å². The number of benzene rings is 1. The summed E-state index contributed by atoms with van der Waals surface area (Å²) in [5, 5.41) is 6.97. The molecule has 1 aromatic heterocycles. The monoisotopic (exact) mass is 361 g/mol. The van der Waals surface area contributed by atoms with E-state index < -0.39 is 12.0 Å². The van der Waals surface area contributed by atoms with Gasteiger partial charge in [-0.1, -0.05) is 29.8 Å². The van der Waals surface area contributed by atoms with Crippen molar-refractivity contribution >= 4 is 24.0 Å². The van der Waals surface area contributed by atoms with Crippen LogP contribution in [0.5, 0.6) is 0 Å². The number of hydrogen-bond donors (Lipinski definition) is 2. The lowest BCUT2D eigenvalue weighted by atomic mass is 10.1. The molecule has 0 saturated carbocycles. The van der Waals surface area contributed by atoms with Gasteiger partial charge in [0.05, 0.1) is 13.2 Å². The van der Waals surface area contributed by atoms with Gasteiger partial charge in [-0.3, -0.25) is 19.3 Å². The number of aryl methyl sites for hydroxylation is 1. The molecule has 0 radical (unpaired) electrons. The molecule has 1 aliphatic heterocycles. The Balaban J connectivity index is 1.80. The molecule has 2 heterocycles. The van der Waals surface area contributed by atoms with Crippen LogP contribution in [0.15, 0.2) is 24.3 Å². The van der Waals surface area contributed by atoms with E-state index in [1.807, 2.05) is 31.2 Å². The smallest absolute Gasteiger partial charge is 0.248 e. The van der Waals surface area contributed by atoms with E-state index in [1.165, 1.54) is 0 Å². The van der Waals surface area contributed by atoms with E-state index in [1.54, 1.807) is 9.47 Å². The SMILES string of the molecule is Cc1ccc(-c2n[nH]c(=S)n2CC(=O)N2CCO[C@@H](C(N)=O)C2)cc1. The summed E-state index contributed by atoms with van der Waals surface area (Å²) in [6, 6.07) is 7.80. The van der Waals surface area contributed by atoms with Crippen LogP contribution in [0, 0.1) is 11.7 Å². The van der Waals surface area contributed by atoms with E-state index in [4.69, 9.17) is 22.7 Å². The Kier molecular flexibility index (Phi) is 4.95. The van der Waals surface area contributed by atoms with Gasteiger partial charge in [0.1, 0.15) is 6.54 Å². The zero-order valence-corrected chi connectivity index (χ0v) is 14.6. The highest BCUT2D eigenvalue weighted by atomic mass is 32.1. The minimum absolute atomic E-state index is 0.0318. The van der Waals surface area contributed by atoms with Gasteiger partial charge in [0, 0.05) is 12.1 Å². The zero-order valence-electron chi connectivity index (χ0n) is 13.8. The van der Waals surface area contributed by atoms with Gasteiger partial charge in [-0.15, -0.1) is 0 Å². The maximum absolute atomic E-state index is 12.6. The predicted molar refractivity (Wildman–Crippen MR) is 93.1 cm³/mol. The molecule has 0 bridgehead atoms. The van der Waals surface area contributed by atoms with Crippen molar-refractivity contribution in [2.45, 2.75) is 19.6 Å². The summed E-state index contributed by atoms with van der Waals surface area (Å²) in [6.07, 6.45) is -0.772. The molecule has 1 atom stereocenters. The van der Waals surface area contributed by atoms with Gasteiger partial charge >= 0.3 is 0 Å². The van der Waals surface area contributed by atoms with Crippen LogP contribution in [-0.4, -0.2) is 57.3 Å². The number of nitrogens with two attached hydrogens (primary N) is 1. The summed E-state index contributed by atoms with van der Waals surface area (Å²) in [5.74, 6) is -0.142. The molecule has 2 amide bonds. The lowest BCUT2D eigenvalue weighted by Gasteiger charge is -2.31. The average Bonchev–Trinajstić information content (AvgIpc) is 2.96. The maximum Gasteiger partial charge on any atom is 0.248 e. The summed E-state index contributed by atoms with van der Waals surface area (Å²) >= 11 is 5.26. The Labute approximate surface area is 149 Å². The third-order valence-electron chi connectivity index (χ3n) is 4.10. The number of aromatic amines is 1. The first-order valence-corrected chi connectivity index (χ1v) is 8.27. The fourth-order valence-corrected chi connectivity index (χ4v) is 2.87. The Morgan fingerprint density at radius 2 is 2.12 bits per heavy atom. The van der Waals surface area contributed by atoms with Crippen molar-refractivity contribution in [2.24, 2.45) is 5.73 Å². The molecule has 2 aromatic rings. The highest BCUT2D eigenvalue weighted by molar-refractivity contribution is 7.71. The standard InChI is InChI=1S/C16H19N5O3S/c1-10-2-4-11(5-3-10)15-18-19-16(25)21(15)9-13(22)20-6-7-24-12(8-20)14(17)23/h2-5,12H,6-9H2,1H3,(H2,17,23)(H,19,25)/t12-/m1/s1. The summed E-state index contributed by atoms with van der Waals surface area (Å²) in [4.78, 5) is 25.5. The summed E-state index contributed by atoms with van der Waals surface area (Å²) in [7, 11) is 0. The van der Waals surface area contributed by atoms with Gasteiger partial charge in [0.15, 0.2) is 16.7 Å². The van der Waals surface area contributed by atoms with Crippen molar-refractivity contribution in [3.8, 4) is 11.4 Å². The Hall–Kier alpha value is -2.52. The lowest BCUT2D eigenvalue weighted by Crippen LogP contribution is -2.51. The largest absolute Gasteiger partial charge is 0.367 e. The number of morpholine rings is 1. The van der Waals surface area contributed by atoms with E-state index in [0.29, 0.717) is 17.1 Å². The van der Waals surface area contributed by atoms with Crippen LogP contribution in [0.1, 0.15) is 5.56 Å². The molecular formula is C16H19N5O3S. The molecule has 1 aliphatic rings. The number of nitrogens with zero attached hydrogens (tertiary/aromatic N) is 3. The zero-order chi connectivity index (χ0) is 18.0. The molecule has 9 heteroatoms. The minimum atomic E-state index is -0.772. The number of nitrogens with one attached hydrogen (secondary N) is 1. The van der Waals surface area contributed by atoms with Crippen LogP contribution in [0.25, 0.3) is 11.4 Å². The van der Waals surface area contributed by atoms with Crippen LogP contribution in [0.3, 0.4) is 0 Å². The highest BCUT2D eigenvalue weighted by Crippen LogP contribution is 2.18. The van der Waals surface area contributed by atoms with Gasteiger partial charge in [0.2, 0.25) is 11.8 Å². The number of carbonyl (C=O) groups excluding carboxylic acids is 2. The molecule has 0 spiro atoms. The van der Waals surface area contributed by atoms with E-state index >= 15 is 0 Å². The van der Waals surface area contributed by atoms with E-state index in [-0.39, 0.29) is 25.6 Å². The average molecular weight is 361 g/mol. The fourth-order valence-electron chi connectivity index (χ4n) is 2.67. The molecule has 3 rings (SSSR count). The second kappa shape index (κ2) is 7.16. The second-order valence-corrected chi connectivity index (χ2v) is 6.29. The van der Waals surface area contributed by atoms with Crippen molar-refractivity contribution in [2.75, 3.05) is 19.7 Å². The summed E-state index contributed by atoms with van der Waals surface area (Å²) < 4.78 is 7.28. The van der Waals surface area contributed by atoms with Crippen LogP contribution in [-0.2, 0) is 20.9 Å². The van der Waals surface area contributed by atoms with E-state index in [0.717, 1.165) is 11.1 Å². The van der Waals surface area contributed by atoms with Crippen LogP contribution in [0.2, 0.25) is 0 Å². The van der Waals surface area contributed by atoms with Crippen molar-refractivity contribution in [3.63, 3.8) is 0 Å². The molecular weight excluding hydrogens is 342 g/mol. The second-order valence-electron chi connectivity index (χ2n) is 5.91. The van der Waals surface area contributed by atoms with Crippen molar-refractivity contribution in [1.29, 1.82) is 0 Å². The number of amides is 2. The van der Waals surface area contributed by atoms with Crippen molar-refractivity contribution in [1.82, 2.24) is 19.7 Å².